The van der Waals surface area contributed by atoms with Crippen LogP contribution in [-0.2, 0) is 19.4 Å². The quantitative estimate of drug-likeness (QED) is 0.0933. The number of nitrogens with zero attached hydrogens (tertiary/aromatic N) is 1. The Balaban J connectivity index is 1.58. The number of para-hydroxylation sites is 1. The first kappa shape index (κ1) is 42.0. The molecule has 0 saturated carbocycles. The fraction of sp³-hybridized carbons (Fsp3) is 0.474. The summed E-state index contributed by atoms with van der Waals surface area (Å²) >= 11 is 1.34. The molecular weight excluding hydrogens is 723 g/mol. The smallest absolute Gasteiger partial charge is 0.258 e. The van der Waals surface area contributed by atoms with E-state index in [1.54, 1.807) is 36.4 Å². The molecule has 1 aliphatic heterocycles. The molecule has 290 valence electrons. The van der Waals surface area contributed by atoms with Gasteiger partial charge in [-0.3, -0.25) is 9.59 Å². The molecule has 0 aromatic heterocycles. The van der Waals surface area contributed by atoms with Crippen molar-refractivity contribution in [2.24, 2.45) is 5.41 Å². The summed E-state index contributed by atoms with van der Waals surface area (Å²) in [5.41, 5.74) is 1.31. The number of hydrogen-bond acceptors (Lipinski definition) is 12. The van der Waals surface area contributed by atoms with Gasteiger partial charge in [-0.15, -0.1) is 11.8 Å². The van der Waals surface area contributed by atoms with Crippen LogP contribution in [0.1, 0.15) is 51.1 Å². The highest BCUT2D eigenvalue weighted by molar-refractivity contribution is 7.98. The summed E-state index contributed by atoms with van der Waals surface area (Å²) in [6.45, 7) is 2.67. The van der Waals surface area contributed by atoms with E-state index in [0.717, 1.165) is 24.9 Å². The Labute approximate surface area is 315 Å². The Morgan fingerprint density at radius 1 is 0.962 bits per heavy atom. The molecule has 0 fully saturated rings. The van der Waals surface area contributed by atoms with Crippen LogP contribution in [0.2, 0.25) is 0 Å². The molecule has 3 aromatic carbocycles. The second kappa shape index (κ2) is 19.1. The molecular formula is C38H51N3O10S2. The van der Waals surface area contributed by atoms with E-state index >= 15 is 0 Å². The van der Waals surface area contributed by atoms with Crippen LogP contribution in [-0.4, -0.2) is 108 Å². The third-order valence-corrected chi connectivity index (χ3v) is 12.4. The van der Waals surface area contributed by atoms with Crippen molar-refractivity contribution in [3.8, 4) is 5.75 Å². The number of fused-ring (bicyclic) bond motifs is 1. The number of carbonyl (C=O) groups is 2. The van der Waals surface area contributed by atoms with Crippen molar-refractivity contribution in [3.05, 3.63) is 78.4 Å². The molecule has 4 rings (SSSR count). The second-order valence-corrected chi connectivity index (χ2v) is 16.2. The van der Waals surface area contributed by atoms with E-state index in [1.165, 1.54) is 17.8 Å². The number of hydrogen-bond donors (Lipinski definition) is 7. The molecule has 6 unspecified atom stereocenters. The number of aliphatic hydroxyl groups excluding tert-OH is 5. The van der Waals surface area contributed by atoms with E-state index in [4.69, 9.17) is 9.84 Å². The number of sulfone groups is 1. The van der Waals surface area contributed by atoms with Gasteiger partial charge in [0.2, 0.25) is 5.91 Å². The van der Waals surface area contributed by atoms with Crippen LogP contribution < -0.4 is 20.3 Å². The summed E-state index contributed by atoms with van der Waals surface area (Å²) in [4.78, 5) is 29.5. The highest BCUT2D eigenvalue weighted by Gasteiger charge is 2.42. The van der Waals surface area contributed by atoms with Crippen LogP contribution in [0.4, 0.5) is 11.4 Å². The number of aliphatic hydroxyl groups is 5. The van der Waals surface area contributed by atoms with E-state index in [9.17, 15) is 38.4 Å². The molecule has 15 heteroatoms. The number of rotatable bonds is 18. The van der Waals surface area contributed by atoms with Gasteiger partial charge >= 0.3 is 0 Å². The van der Waals surface area contributed by atoms with E-state index in [1.807, 2.05) is 43.5 Å². The Morgan fingerprint density at radius 3 is 2.21 bits per heavy atom. The van der Waals surface area contributed by atoms with Gasteiger partial charge in [0.15, 0.2) is 16.4 Å². The minimum absolute atomic E-state index is 0.0358. The summed E-state index contributed by atoms with van der Waals surface area (Å²) in [5.74, 6) is -1.29. The summed E-state index contributed by atoms with van der Waals surface area (Å²) < 4.78 is 34.4. The van der Waals surface area contributed by atoms with Crippen molar-refractivity contribution in [1.82, 2.24) is 10.6 Å². The Bertz CT molecular complexity index is 1770. The summed E-state index contributed by atoms with van der Waals surface area (Å²) in [6.07, 6.45) is -2.11. The van der Waals surface area contributed by atoms with E-state index < -0.39 is 77.3 Å². The van der Waals surface area contributed by atoms with Crippen LogP contribution in [0.5, 0.6) is 5.75 Å². The van der Waals surface area contributed by atoms with Gasteiger partial charge in [0.1, 0.15) is 30.1 Å². The summed E-state index contributed by atoms with van der Waals surface area (Å²) in [7, 11) is -3.82. The zero-order valence-corrected chi connectivity index (χ0v) is 31.9. The monoisotopic (exact) mass is 773 g/mol. The Hall–Kier alpha value is -3.70. The largest absolute Gasteiger partial charge is 0.483 e. The van der Waals surface area contributed by atoms with Crippen LogP contribution in [0, 0.1) is 5.41 Å². The molecule has 1 aliphatic rings. The van der Waals surface area contributed by atoms with Gasteiger partial charge in [0.05, 0.1) is 33.9 Å². The molecule has 0 spiro atoms. The fourth-order valence-corrected chi connectivity index (χ4v) is 9.15. The number of benzene rings is 3. The molecule has 0 aliphatic carbocycles. The Morgan fingerprint density at radius 2 is 1.60 bits per heavy atom. The number of unbranched alkanes of at least 4 members (excludes halogenated alkanes) is 1. The van der Waals surface area contributed by atoms with Gasteiger partial charge in [-0.2, -0.15) is 0 Å². The first-order chi connectivity index (χ1) is 25.3. The fourth-order valence-electron chi connectivity index (χ4n) is 6.42. The SMILES string of the molecule is CCCCC1(CC)CN(c2ccccc2)c2cc(SC)c(OCC(=O)NC(C(=O)NCC(O)C(O)C(O)C(O)CO)c3ccccc3)cc2S(=O)(=O)C1. The van der Waals surface area contributed by atoms with Gasteiger partial charge in [-0.25, -0.2) is 8.42 Å². The van der Waals surface area contributed by atoms with Gasteiger partial charge in [0.25, 0.3) is 5.91 Å². The van der Waals surface area contributed by atoms with Crippen LogP contribution in [0.25, 0.3) is 0 Å². The number of ether oxygens (including phenoxy) is 1. The van der Waals surface area contributed by atoms with Gasteiger partial charge in [0, 0.05) is 30.3 Å². The molecule has 53 heavy (non-hydrogen) atoms. The van der Waals surface area contributed by atoms with Gasteiger partial charge in [-0.05, 0) is 42.9 Å². The number of thioether (sulfide) groups is 1. The number of nitrogens with one attached hydrogen (secondary N) is 2. The molecule has 6 atom stereocenters. The third-order valence-electron chi connectivity index (χ3n) is 9.61. The minimum atomic E-state index is -3.82. The first-order valence-corrected chi connectivity index (χ1v) is 20.5. The summed E-state index contributed by atoms with van der Waals surface area (Å²) in [5, 5.41) is 54.0. The van der Waals surface area contributed by atoms with E-state index in [2.05, 4.69) is 22.5 Å². The van der Waals surface area contributed by atoms with E-state index in [-0.39, 0.29) is 16.4 Å². The lowest BCUT2D eigenvalue weighted by atomic mass is 9.81. The maximum Gasteiger partial charge on any atom is 0.258 e. The third kappa shape index (κ3) is 10.5. The number of amides is 2. The van der Waals surface area contributed by atoms with Crippen LogP contribution in [0.3, 0.4) is 0 Å². The maximum atomic E-state index is 14.2. The van der Waals surface area contributed by atoms with Crippen molar-refractivity contribution in [2.45, 2.75) is 79.8 Å². The molecule has 2 amide bonds. The van der Waals surface area contributed by atoms with Crippen LogP contribution in [0.15, 0.2) is 82.6 Å². The standard InChI is InChI=1S/C38H51N3O10S2/c1-4-6-17-38(5-2)23-41(26-15-11-8-12-16-26)27-18-31(52-3)30(19-32(27)53(49,50)24-38)51-22-33(45)40-34(25-13-9-7-10-14-25)37(48)39-20-28(43)35(46)36(47)29(44)21-42/h7-16,18-19,28-29,34-36,42-44,46-47H,4-6,17,20-24H2,1-3H3,(H,39,48)(H,40,45). The molecule has 1 heterocycles. The first-order valence-electron chi connectivity index (χ1n) is 17.6. The predicted molar refractivity (Wildman–Crippen MR) is 203 cm³/mol. The van der Waals surface area contributed by atoms with Crippen molar-refractivity contribution in [3.63, 3.8) is 0 Å². The Kier molecular flexibility index (Phi) is 15.1. The second-order valence-electron chi connectivity index (χ2n) is 13.4. The molecule has 0 radical (unpaired) electrons. The molecule has 0 saturated heterocycles. The van der Waals surface area contributed by atoms with Crippen molar-refractivity contribution in [2.75, 3.05) is 43.2 Å². The zero-order chi connectivity index (χ0) is 38.8. The molecule has 3 aromatic rings. The number of anilines is 2. The highest BCUT2D eigenvalue weighted by atomic mass is 32.2. The van der Waals surface area contributed by atoms with E-state index in [0.29, 0.717) is 29.1 Å². The maximum absolute atomic E-state index is 14.2. The van der Waals surface area contributed by atoms with Gasteiger partial charge < -0.3 is 45.8 Å². The lowest BCUT2D eigenvalue weighted by molar-refractivity contribution is -0.132. The molecule has 7 N–H and O–H groups in total. The van der Waals surface area contributed by atoms with Gasteiger partial charge in [-0.1, -0.05) is 75.2 Å². The van der Waals surface area contributed by atoms with Crippen molar-refractivity contribution >= 4 is 44.8 Å². The van der Waals surface area contributed by atoms with Crippen LogP contribution >= 0.6 is 11.8 Å². The number of carbonyl (C=O) groups excluding carboxylic acids is 2. The van der Waals surface area contributed by atoms with Crippen molar-refractivity contribution < 1.29 is 48.3 Å². The highest BCUT2D eigenvalue weighted by Crippen LogP contribution is 2.47. The topological polar surface area (TPSA) is 206 Å². The minimum Gasteiger partial charge on any atom is -0.483 e. The summed E-state index contributed by atoms with van der Waals surface area (Å²) in [6, 6.07) is 20.0. The predicted octanol–water partition coefficient (Wildman–Crippen LogP) is 2.71. The van der Waals surface area contributed by atoms with Crippen molar-refractivity contribution in [1.29, 1.82) is 0 Å². The average Bonchev–Trinajstić information content (AvgIpc) is 3.27. The lowest BCUT2D eigenvalue weighted by Crippen LogP contribution is -2.51. The molecule has 13 nitrogen and oxygen atoms in total. The average molecular weight is 774 g/mol. The molecule has 0 bridgehead atoms. The zero-order valence-electron chi connectivity index (χ0n) is 30.2. The lowest BCUT2D eigenvalue weighted by Gasteiger charge is -2.36. The normalized spacial score (nSPS) is 19.5.